The monoisotopic (exact) mass is 426 g/mol. The van der Waals surface area contributed by atoms with Gasteiger partial charge in [-0.15, -0.1) is 0 Å². The van der Waals surface area contributed by atoms with Crippen molar-refractivity contribution < 1.29 is 19.4 Å². The number of rotatable bonds is 6. The fourth-order valence-corrected chi connectivity index (χ4v) is 5.15. The average Bonchev–Trinajstić information content (AvgIpc) is 3.04. The van der Waals surface area contributed by atoms with Crippen LogP contribution in [-0.4, -0.2) is 58.6 Å². The van der Waals surface area contributed by atoms with Crippen LogP contribution in [0.2, 0.25) is 0 Å². The summed E-state index contributed by atoms with van der Waals surface area (Å²) < 4.78 is 5.75. The summed E-state index contributed by atoms with van der Waals surface area (Å²) in [6, 6.07) is 7.50. The Labute approximate surface area is 184 Å². The fourth-order valence-electron chi connectivity index (χ4n) is 5.15. The summed E-state index contributed by atoms with van der Waals surface area (Å²) in [6.45, 7) is 5.41. The van der Waals surface area contributed by atoms with Crippen LogP contribution in [0.15, 0.2) is 30.0 Å². The van der Waals surface area contributed by atoms with E-state index in [1.54, 1.807) is 0 Å². The Morgan fingerprint density at radius 3 is 2.35 bits per heavy atom. The molecule has 1 saturated heterocycles. The van der Waals surface area contributed by atoms with E-state index in [0.29, 0.717) is 17.8 Å². The van der Waals surface area contributed by atoms with Gasteiger partial charge in [0, 0.05) is 25.7 Å². The molecule has 1 aromatic carbocycles. The lowest BCUT2D eigenvalue weighted by Crippen LogP contribution is -2.45. The number of ether oxygens (including phenoxy) is 1. The molecule has 2 aliphatic heterocycles. The molecule has 4 rings (SSSR count). The Bertz CT molecular complexity index is 840. The predicted molar refractivity (Wildman–Crippen MR) is 119 cm³/mol. The van der Waals surface area contributed by atoms with E-state index in [2.05, 4.69) is 0 Å². The molecule has 2 fully saturated rings. The van der Waals surface area contributed by atoms with Gasteiger partial charge in [-0.2, -0.15) is 0 Å². The van der Waals surface area contributed by atoms with Crippen molar-refractivity contribution >= 4 is 17.4 Å². The van der Waals surface area contributed by atoms with Crippen molar-refractivity contribution in [1.82, 2.24) is 9.80 Å². The van der Waals surface area contributed by atoms with Crippen LogP contribution in [0.25, 0.3) is 5.57 Å². The van der Waals surface area contributed by atoms with Crippen LogP contribution in [0.4, 0.5) is 0 Å². The second-order valence-electron chi connectivity index (χ2n) is 9.32. The Kier molecular flexibility index (Phi) is 6.65. The van der Waals surface area contributed by atoms with Gasteiger partial charge in [-0.05, 0) is 63.1 Å². The normalized spacial score (nSPS) is 23.3. The van der Waals surface area contributed by atoms with Crippen LogP contribution in [0.5, 0.6) is 5.75 Å². The first-order chi connectivity index (χ1) is 15.0. The maximum absolute atomic E-state index is 13.6. The van der Waals surface area contributed by atoms with Gasteiger partial charge in [0.05, 0.1) is 11.7 Å². The number of nitrogens with zero attached hydrogens (tertiary/aromatic N) is 2. The first-order valence-electron chi connectivity index (χ1n) is 11.7. The first-order valence-corrected chi connectivity index (χ1v) is 11.7. The number of aliphatic hydroxyl groups excluding tert-OH is 1. The van der Waals surface area contributed by atoms with Crippen molar-refractivity contribution in [3.05, 3.63) is 35.5 Å². The van der Waals surface area contributed by atoms with Crippen molar-refractivity contribution in [2.24, 2.45) is 5.92 Å². The van der Waals surface area contributed by atoms with Crippen molar-refractivity contribution in [3.63, 3.8) is 0 Å². The summed E-state index contributed by atoms with van der Waals surface area (Å²) >= 11 is 0. The Morgan fingerprint density at radius 1 is 1.00 bits per heavy atom. The molecule has 1 aromatic rings. The number of hydrogen-bond acceptors (Lipinski definition) is 5. The highest BCUT2D eigenvalue weighted by molar-refractivity contribution is 6.35. The third-order valence-electron chi connectivity index (χ3n) is 6.64. The molecule has 1 aliphatic carbocycles. The Hall–Kier alpha value is -2.34. The first kappa shape index (κ1) is 21.9. The van der Waals surface area contributed by atoms with Crippen molar-refractivity contribution in [3.8, 4) is 5.75 Å². The number of carbonyl (C=O) groups is 2. The van der Waals surface area contributed by atoms with E-state index in [0.717, 1.165) is 56.4 Å². The highest BCUT2D eigenvalue weighted by atomic mass is 16.5. The number of piperidine rings is 1. The van der Waals surface area contributed by atoms with Crippen LogP contribution >= 0.6 is 0 Å². The molecule has 1 N–H and O–H groups in total. The van der Waals surface area contributed by atoms with Gasteiger partial charge in [0.2, 0.25) is 0 Å². The summed E-state index contributed by atoms with van der Waals surface area (Å²) in [5.41, 5.74) is 1.78. The number of carbonyl (C=O) groups excluding carboxylic acids is 2. The zero-order valence-electron chi connectivity index (χ0n) is 18.7. The van der Waals surface area contributed by atoms with Crippen LogP contribution in [-0.2, 0) is 9.59 Å². The van der Waals surface area contributed by atoms with Crippen LogP contribution in [0.1, 0.15) is 64.4 Å². The molecule has 1 unspecified atom stereocenters. The molecule has 0 spiro atoms. The van der Waals surface area contributed by atoms with Gasteiger partial charge in [0.25, 0.3) is 11.8 Å². The number of likely N-dealkylation sites (tertiary alicyclic amines) is 1. The average molecular weight is 427 g/mol. The summed E-state index contributed by atoms with van der Waals surface area (Å²) in [7, 11) is 0. The number of benzene rings is 1. The quantitative estimate of drug-likeness (QED) is 0.704. The molecule has 2 amide bonds. The lowest BCUT2D eigenvalue weighted by molar-refractivity contribution is -0.141. The molecule has 1 atom stereocenters. The van der Waals surface area contributed by atoms with E-state index in [4.69, 9.17) is 4.74 Å². The number of imide groups is 1. The molecule has 168 valence electrons. The third-order valence-corrected chi connectivity index (χ3v) is 6.64. The van der Waals surface area contributed by atoms with Gasteiger partial charge >= 0.3 is 0 Å². The minimum absolute atomic E-state index is 0.0109. The lowest BCUT2D eigenvalue weighted by Gasteiger charge is -2.35. The Balaban J connectivity index is 1.70. The number of aliphatic hydroxyl groups is 1. The van der Waals surface area contributed by atoms with Crippen LogP contribution < -0.4 is 4.74 Å². The van der Waals surface area contributed by atoms with Gasteiger partial charge < -0.3 is 14.7 Å². The highest BCUT2D eigenvalue weighted by Gasteiger charge is 2.45. The molecule has 1 saturated carbocycles. The van der Waals surface area contributed by atoms with Crippen molar-refractivity contribution in [1.29, 1.82) is 0 Å². The van der Waals surface area contributed by atoms with Gasteiger partial charge in [-0.25, -0.2) is 0 Å². The second-order valence-corrected chi connectivity index (χ2v) is 9.32. The maximum atomic E-state index is 13.6. The molecule has 3 aliphatic rings. The van der Waals surface area contributed by atoms with Crippen LogP contribution in [0, 0.1) is 5.92 Å². The lowest BCUT2D eigenvalue weighted by atomic mass is 9.94. The topological polar surface area (TPSA) is 70.1 Å². The minimum atomic E-state index is -0.171. The second kappa shape index (κ2) is 9.43. The third kappa shape index (κ3) is 4.49. The largest absolute Gasteiger partial charge is 0.491 e. The van der Waals surface area contributed by atoms with Gasteiger partial charge in [-0.1, -0.05) is 31.4 Å². The molecule has 6 heteroatoms. The predicted octanol–water partition coefficient (Wildman–Crippen LogP) is 3.59. The summed E-state index contributed by atoms with van der Waals surface area (Å²) in [5.74, 6) is 0.555. The zero-order valence-corrected chi connectivity index (χ0v) is 18.7. The molecule has 0 bridgehead atoms. The Morgan fingerprint density at radius 2 is 1.71 bits per heavy atom. The fraction of sp³-hybridized carbons (Fsp3) is 0.600. The molecule has 31 heavy (non-hydrogen) atoms. The van der Waals surface area contributed by atoms with Crippen molar-refractivity contribution in [2.45, 2.75) is 70.9 Å². The smallest absolute Gasteiger partial charge is 0.278 e. The molecular formula is C25H34N2O4. The van der Waals surface area contributed by atoms with Crippen LogP contribution in [0.3, 0.4) is 0 Å². The summed E-state index contributed by atoms with van der Waals surface area (Å²) in [5, 5.41) is 9.69. The van der Waals surface area contributed by atoms with E-state index in [-0.39, 0.29) is 36.5 Å². The molecular weight excluding hydrogens is 392 g/mol. The summed E-state index contributed by atoms with van der Waals surface area (Å²) in [6.07, 6.45) is 6.99. The number of hydrogen-bond donors (Lipinski definition) is 1. The SMILES string of the molecule is CC(C)Oc1ccc(C2=C(N3CCCC(CO)C3)C(=O)N(C3CCCCC3)C2=O)cc1. The molecule has 2 heterocycles. The maximum Gasteiger partial charge on any atom is 0.278 e. The van der Waals surface area contributed by atoms with E-state index in [1.807, 2.05) is 43.0 Å². The van der Waals surface area contributed by atoms with Gasteiger partial charge in [0.1, 0.15) is 11.4 Å². The van der Waals surface area contributed by atoms with E-state index in [9.17, 15) is 14.7 Å². The molecule has 6 nitrogen and oxygen atoms in total. The minimum Gasteiger partial charge on any atom is -0.491 e. The summed E-state index contributed by atoms with van der Waals surface area (Å²) in [4.78, 5) is 30.8. The van der Waals surface area contributed by atoms with E-state index in [1.165, 1.54) is 11.3 Å². The van der Waals surface area contributed by atoms with E-state index < -0.39 is 0 Å². The van der Waals surface area contributed by atoms with Crippen molar-refractivity contribution in [2.75, 3.05) is 19.7 Å². The number of amides is 2. The highest BCUT2D eigenvalue weighted by Crippen LogP contribution is 2.38. The standard InChI is InChI=1S/C25H34N2O4/c1-17(2)31-21-12-10-19(11-13-21)22-23(26-14-6-7-18(15-26)16-28)25(30)27(24(22)29)20-8-4-3-5-9-20/h10-13,17-18,20,28H,3-9,14-16H2,1-2H3. The zero-order chi connectivity index (χ0) is 22.0. The van der Waals surface area contributed by atoms with Gasteiger partial charge in [-0.3, -0.25) is 14.5 Å². The molecule has 0 radical (unpaired) electrons. The molecule has 0 aromatic heterocycles. The van der Waals surface area contributed by atoms with Gasteiger partial charge in [0.15, 0.2) is 0 Å². The van der Waals surface area contributed by atoms with E-state index >= 15 is 0 Å².